The molecule has 0 fully saturated rings. The van der Waals surface area contributed by atoms with Crippen LogP contribution in [0.2, 0.25) is 0 Å². The lowest BCUT2D eigenvalue weighted by molar-refractivity contribution is 1.65. The van der Waals surface area contributed by atoms with Crippen molar-refractivity contribution in [3.05, 3.63) is 51.8 Å². The lowest BCUT2D eigenvalue weighted by atomic mass is 10.2. The van der Waals surface area contributed by atoms with E-state index in [1.165, 1.54) is 15.3 Å². The van der Waals surface area contributed by atoms with Crippen LogP contribution in [0.4, 0.5) is 0 Å². The Balaban J connectivity index is 2.24. The molecule has 0 aliphatic carbocycles. The first-order valence-corrected chi connectivity index (χ1v) is 7.61. The number of hydrogen-bond acceptors (Lipinski definition) is 1. The third-order valence-electron chi connectivity index (χ3n) is 2.13. The van der Waals surface area contributed by atoms with Crippen LogP contribution in [0.1, 0.15) is 4.88 Å². The Labute approximate surface area is 116 Å². The van der Waals surface area contributed by atoms with Crippen LogP contribution in [0, 0.1) is 0 Å². The molecule has 0 amide bonds. The van der Waals surface area contributed by atoms with Gasteiger partial charge in [-0.3, -0.25) is 0 Å². The molecule has 0 aliphatic heterocycles. The Morgan fingerprint density at radius 2 is 1.81 bits per heavy atom. The predicted molar refractivity (Wildman–Crippen MR) is 80.3 cm³/mol. The summed E-state index contributed by atoms with van der Waals surface area (Å²) in [7, 11) is 0. The lowest BCUT2D eigenvalue weighted by Gasteiger charge is -1.96. The first kappa shape index (κ1) is 12.1. The van der Waals surface area contributed by atoms with Gasteiger partial charge in [0.25, 0.3) is 0 Å². The Hall–Kier alpha value is -0.380. The van der Waals surface area contributed by atoms with Crippen molar-refractivity contribution < 1.29 is 0 Å². The summed E-state index contributed by atoms with van der Waals surface area (Å²) in [5.74, 6) is 0. The van der Waals surface area contributed by atoms with E-state index in [9.17, 15) is 0 Å². The molecule has 1 heterocycles. The highest BCUT2D eigenvalue weighted by Gasteiger charge is 2.00. The van der Waals surface area contributed by atoms with Crippen molar-refractivity contribution in [3.63, 3.8) is 0 Å². The lowest BCUT2D eigenvalue weighted by Crippen LogP contribution is -1.70. The zero-order chi connectivity index (χ0) is 11.4. The van der Waals surface area contributed by atoms with Crippen molar-refractivity contribution in [1.82, 2.24) is 0 Å². The molecule has 0 N–H and O–H groups in total. The van der Waals surface area contributed by atoms with Crippen LogP contribution in [0.5, 0.6) is 0 Å². The van der Waals surface area contributed by atoms with Gasteiger partial charge in [0, 0.05) is 19.6 Å². The Morgan fingerprint density at radius 3 is 2.50 bits per heavy atom. The van der Waals surface area contributed by atoms with Crippen molar-refractivity contribution in [1.29, 1.82) is 0 Å². The van der Waals surface area contributed by atoms with E-state index in [0.29, 0.717) is 0 Å². The quantitative estimate of drug-likeness (QED) is 0.628. The monoisotopic (exact) mass is 356 g/mol. The first-order chi connectivity index (χ1) is 7.79. The van der Waals surface area contributed by atoms with Gasteiger partial charge in [-0.25, -0.2) is 0 Å². The highest BCUT2D eigenvalue weighted by atomic mass is 79.9. The minimum atomic E-state index is 0.901. The van der Waals surface area contributed by atoms with Crippen LogP contribution in [-0.2, 0) is 0 Å². The number of hydrogen-bond donors (Lipinski definition) is 0. The third-order valence-corrected chi connectivity index (χ3v) is 4.13. The van der Waals surface area contributed by atoms with Gasteiger partial charge >= 0.3 is 0 Å². The molecule has 0 spiro atoms. The predicted octanol–water partition coefficient (Wildman–Crippen LogP) is 5.59. The van der Waals surface area contributed by atoms with Crippen LogP contribution in [0.3, 0.4) is 0 Å². The molecule has 82 valence electrons. The number of allylic oxidation sites excluding steroid dienone is 1. The standard InChI is InChI=1S/C13H10Br2S/c14-9-1-2-12-7-8-13(16-12)10-3-5-11(15)6-4-10/h1-8H,9H2. The summed E-state index contributed by atoms with van der Waals surface area (Å²) in [5, 5.41) is 0.901. The molecule has 0 unspecified atom stereocenters. The van der Waals surface area contributed by atoms with Gasteiger partial charge in [-0.1, -0.05) is 50.1 Å². The maximum absolute atomic E-state index is 3.44. The first-order valence-electron chi connectivity index (χ1n) is 4.88. The molecule has 3 heteroatoms. The van der Waals surface area contributed by atoms with Gasteiger partial charge in [0.1, 0.15) is 0 Å². The fourth-order valence-corrected chi connectivity index (χ4v) is 2.77. The van der Waals surface area contributed by atoms with Crippen LogP contribution >= 0.6 is 43.2 Å². The highest BCUT2D eigenvalue weighted by molar-refractivity contribution is 9.10. The third kappa shape index (κ3) is 3.06. The number of thiophene rings is 1. The van der Waals surface area contributed by atoms with Crippen LogP contribution < -0.4 is 0 Å². The fourth-order valence-electron chi connectivity index (χ4n) is 1.37. The summed E-state index contributed by atoms with van der Waals surface area (Å²) >= 11 is 8.63. The molecular formula is C13H10Br2S. The Morgan fingerprint density at radius 1 is 1.06 bits per heavy atom. The van der Waals surface area contributed by atoms with Gasteiger partial charge in [-0.15, -0.1) is 11.3 Å². The van der Waals surface area contributed by atoms with E-state index >= 15 is 0 Å². The van der Waals surface area contributed by atoms with E-state index in [-0.39, 0.29) is 0 Å². The molecule has 0 nitrogen and oxygen atoms in total. The SMILES string of the molecule is BrCC=Cc1ccc(-c2ccc(Br)cc2)s1. The molecule has 1 aromatic heterocycles. The summed E-state index contributed by atoms with van der Waals surface area (Å²) in [5.41, 5.74) is 1.27. The molecule has 0 atom stereocenters. The summed E-state index contributed by atoms with van der Waals surface area (Å²) in [6.45, 7) is 0. The van der Waals surface area contributed by atoms with Crippen LogP contribution in [-0.4, -0.2) is 5.33 Å². The minimum Gasteiger partial charge on any atom is -0.136 e. The Kier molecular flexibility index (Phi) is 4.38. The van der Waals surface area contributed by atoms with Crippen molar-refractivity contribution in [3.8, 4) is 10.4 Å². The van der Waals surface area contributed by atoms with Crippen LogP contribution in [0.25, 0.3) is 16.5 Å². The van der Waals surface area contributed by atoms with E-state index in [1.807, 2.05) is 11.3 Å². The van der Waals surface area contributed by atoms with Gasteiger partial charge in [-0.2, -0.15) is 0 Å². The average molecular weight is 358 g/mol. The van der Waals surface area contributed by atoms with E-state index in [1.54, 1.807) is 0 Å². The molecular weight excluding hydrogens is 348 g/mol. The van der Waals surface area contributed by atoms with Gasteiger partial charge in [0.05, 0.1) is 0 Å². The largest absolute Gasteiger partial charge is 0.136 e. The van der Waals surface area contributed by atoms with Gasteiger partial charge in [0.15, 0.2) is 0 Å². The molecule has 2 aromatic rings. The van der Waals surface area contributed by atoms with E-state index in [2.05, 4.69) is 80.4 Å². The van der Waals surface area contributed by atoms with Gasteiger partial charge in [-0.05, 0) is 35.9 Å². The summed E-state index contributed by atoms with van der Waals surface area (Å²) in [6, 6.07) is 12.7. The molecule has 0 saturated heterocycles. The zero-order valence-corrected chi connectivity index (χ0v) is 12.5. The van der Waals surface area contributed by atoms with Crippen LogP contribution in [0.15, 0.2) is 46.9 Å². The Bertz CT molecular complexity index is 483. The smallest absolute Gasteiger partial charge is 0.0349 e. The second kappa shape index (κ2) is 5.80. The molecule has 0 radical (unpaired) electrons. The summed E-state index contributed by atoms with van der Waals surface area (Å²) in [6.07, 6.45) is 4.25. The fraction of sp³-hybridized carbons (Fsp3) is 0.0769. The minimum absolute atomic E-state index is 0.901. The summed E-state index contributed by atoms with van der Waals surface area (Å²) < 4.78 is 1.12. The summed E-state index contributed by atoms with van der Waals surface area (Å²) in [4.78, 5) is 2.60. The number of alkyl halides is 1. The second-order valence-electron chi connectivity index (χ2n) is 3.27. The molecule has 16 heavy (non-hydrogen) atoms. The average Bonchev–Trinajstić information content (AvgIpc) is 2.76. The van der Waals surface area contributed by atoms with E-state index in [4.69, 9.17) is 0 Å². The van der Waals surface area contributed by atoms with Crippen molar-refractivity contribution in [2.45, 2.75) is 0 Å². The number of halogens is 2. The molecule has 0 aliphatic rings. The zero-order valence-electron chi connectivity index (χ0n) is 8.49. The second-order valence-corrected chi connectivity index (χ2v) is 5.94. The van der Waals surface area contributed by atoms with E-state index in [0.717, 1.165) is 9.80 Å². The molecule has 2 rings (SSSR count). The number of rotatable bonds is 3. The van der Waals surface area contributed by atoms with E-state index < -0.39 is 0 Å². The number of benzene rings is 1. The maximum Gasteiger partial charge on any atom is 0.0349 e. The molecule has 0 bridgehead atoms. The maximum atomic E-state index is 3.44. The topological polar surface area (TPSA) is 0 Å². The van der Waals surface area contributed by atoms with Gasteiger partial charge < -0.3 is 0 Å². The van der Waals surface area contributed by atoms with Crippen molar-refractivity contribution in [2.24, 2.45) is 0 Å². The highest BCUT2D eigenvalue weighted by Crippen LogP contribution is 2.29. The van der Waals surface area contributed by atoms with Crippen molar-refractivity contribution >= 4 is 49.3 Å². The molecule has 0 saturated carbocycles. The normalized spacial score (nSPS) is 11.1. The van der Waals surface area contributed by atoms with Gasteiger partial charge in [0.2, 0.25) is 0 Å². The molecule has 1 aromatic carbocycles. The van der Waals surface area contributed by atoms with Crippen molar-refractivity contribution in [2.75, 3.05) is 5.33 Å².